The van der Waals surface area contributed by atoms with Crippen LogP contribution in [0.3, 0.4) is 0 Å². The van der Waals surface area contributed by atoms with E-state index in [0.29, 0.717) is 13.2 Å². The van der Waals surface area contributed by atoms with Crippen molar-refractivity contribution < 1.29 is 4.74 Å². The summed E-state index contributed by atoms with van der Waals surface area (Å²) >= 11 is 1.62. The van der Waals surface area contributed by atoms with Crippen molar-refractivity contribution in [1.29, 1.82) is 0 Å². The fourth-order valence-corrected chi connectivity index (χ4v) is 2.68. The molecule has 0 unspecified atom stereocenters. The van der Waals surface area contributed by atoms with E-state index < -0.39 is 0 Å². The zero-order chi connectivity index (χ0) is 10.5. The molecule has 0 saturated heterocycles. The van der Waals surface area contributed by atoms with E-state index in [1.54, 1.807) is 11.3 Å². The summed E-state index contributed by atoms with van der Waals surface area (Å²) in [5, 5.41) is 3.03. The Kier molecular flexibility index (Phi) is 4.11. The van der Waals surface area contributed by atoms with Gasteiger partial charge in [0.2, 0.25) is 0 Å². The fraction of sp³-hybridized carbons (Fsp3) is 0.727. The monoisotopic (exact) mass is 226 g/mol. The molecule has 84 valence electrons. The first kappa shape index (κ1) is 11.0. The quantitative estimate of drug-likeness (QED) is 0.838. The molecule has 0 radical (unpaired) electrons. The van der Waals surface area contributed by atoms with Crippen LogP contribution in [0, 0.1) is 5.92 Å². The third-order valence-corrected chi connectivity index (χ3v) is 3.77. The summed E-state index contributed by atoms with van der Waals surface area (Å²) in [4.78, 5) is 4.36. The van der Waals surface area contributed by atoms with Crippen LogP contribution in [0.5, 0.6) is 0 Å². The summed E-state index contributed by atoms with van der Waals surface area (Å²) < 4.78 is 5.66. The molecule has 4 heteroatoms. The lowest BCUT2D eigenvalue weighted by atomic mass is 10.1. The molecule has 2 rings (SSSR count). The second-order valence-corrected chi connectivity index (χ2v) is 5.04. The van der Waals surface area contributed by atoms with Crippen molar-refractivity contribution in [2.75, 3.05) is 6.61 Å². The summed E-state index contributed by atoms with van der Waals surface area (Å²) in [6.07, 6.45) is 5.43. The van der Waals surface area contributed by atoms with Crippen molar-refractivity contribution in [2.24, 2.45) is 11.7 Å². The van der Waals surface area contributed by atoms with Gasteiger partial charge in [-0.2, -0.15) is 0 Å². The minimum Gasteiger partial charge on any atom is -0.375 e. The van der Waals surface area contributed by atoms with Crippen LogP contribution in [-0.4, -0.2) is 11.6 Å². The van der Waals surface area contributed by atoms with E-state index in [4.69, 9.17) is 10.5 Å². The Morgan fingerprint density at radius 1 is 1.47 bits per heavy atom. The minimum atomic E-state index is 0.535. The van der Waals surface area contributed by atoms with E-state index >= 15 is 0 Å². The van der Waals surface area contributed by atoms with Gasteiger partial charge in [-0.05, 0) is 18.8 Å². The van der Waals surface area contributed by atoms with Gasteiger partial charge in [0.15, 0.2) is 0 Å². The number of thiazole rings is 1. The summed E-state index contributed by atoms with van der Waals surface area (Å²) in [5.41, 5.74) is 6.52. The molecule has 0 bridgehead atoms. The highest BCUT2D eigenvalue weighted by atomic mass is 32.1. The number of hydrogen-bond acceptors (Lipinski definition) is 4. The smallest absolute Gasteiger partial charge is 0.107 e. The van der Waals surface area contributed by atoms with Crippen molar-refractivity contribution in [2.45, 2.75) is 38.8 Å². The molecule has 0 spiro atoms. The fourth-order valence-electron chi connectivity index (χ4n) is 2.02. The van der Waals surface area contributed by atoms with E-state index in [1.807, 2.05) is 5.38 Å². The molecule has 1 aromatic heterocycles. The normalized spacial score (nSPS) is 17.4. The molecule has 0 aromatic carbocycles. The van der Waals surface area contributed by atoms with Crippen LogP contribution in [0.4, 0.5) is 0 Å². The van der Waals surface area contributed by atoms with Crippen LogP contribution >= 0.6 is 11.3 Å². The predicted octanol–water partition coefficient (Wildman–Crippen LogP) is 2.31. The summed E-state index contributed by atoms with van der Waals surface area (Å²) in [6, 6.07) is 0. The zero-order valence-electron chi connectivity index (χ0n) is 8.95. The largest absolute Gasteiger partial charge is 0.375 e. The van der Waals surface area contributed by atoms with Gasteiger partial charge in [0.1, 0.15) is 5.01 Å². The molecule has 2 N–H and O–H groups in total. The Morgan fingerprint density at radius 2 is 2.27 bits per heavy atom. The van der Waals surface area contributed by atoms with Gasteiger partial charge in [-0.15, -0.1) is 11.3 Å². The molecular weight excluding hydrogens is 208 g/mol. The average Bonchev–Trinajstić information content (AvgIpc) is 2.88. The second kappa shape index (κ2) is 5.58. The Bertz CT molecular complexity index is 295. The highest BCUT2D eigenvalue weighted by Crippen LogP contribution is 2.25. The summed E-state index contributed by atoms with van der Waals surface area (Å²) in [5.74, 6) is 0.789. The molecule has 1 fully saturated rings. The highest BCUT2D eigenvalue weighted by molar-refractivity contribution is 7.09. The molecule has 3 nitrogen and oxygen atoms in total. The third kappa shape index (κ3) is 3.26. The van der Waals surface area contributed by atoms with Crippen LogP contribution in [0.2, 0.25) is 0 Å². The van der Waals surface area contributed by atoms with Crippen molar-refractivity contribution in [1.82, 2.24) is 4.98 Å². The van der Waals surface area contributed by atoms with Crippen molar-refractivity contribution in [3.8, 4) is 0 Å². The van der Waals surface area contributed by atoms with Crippen LogP contribution in [-0.2, 0) is 17.9 Å². The lowest BCUT2D eigenvalue weighted by Gasteiger charge is -2.08. The topological polar surface area (TPSA) is 48.1 Å². The summed E-state index contributed by atoms with van der Waals surface area (Å²) in [6.45, 7) is 2.08. The molecule has 0 atom stereocenters. The maximum atomic E-state index is 5.66. The number of nitrogens with two attached hydrogens (primary N) is 1. The van der Waals surface area contributed by atoms with Gasteiger partial charge in [-0.25, -0.2) is 4.98 Å². The van der Waals surface area contributed by atoms with Crippen molar-refractivity contribution in [3.63, 3.8) is 0 Å². The third-order valence-electron chi connectivity index (χ3n) is 2.85. The number of ether oxygens (including phenoxy) is 1. The van der Waals surface area contributed by atoms with Crippen LogP contribution in [0.1, 0.15) is 36.4 Å². The Hall–Kier alpha value is -0.450. The maximum absolute atomic E-state index is 5.66. The van der Waals surface area contributed by atoms with Crippen LogP contribution in [0.15, 0.2) is 5.38 Å². The average molecular weight is 226 g/mol. The first-order valence-corrected chi connectivity index (χ1v) is 6.47. The SMILES string of the molecule is NCc1nc(COCC2CCCC2)cs1. The number of nitrogens with zero attached hydrogens (tertiary/aromatic N) is 1. The first-order chi connectivity index (χ1) is 7.38. The Labute approximate surface area is 94.7 Å². The molecule has 1 aromatic rings. The van der Waals surface area contributed by atoms with E-state index in [0.717, 1.165) is 23.2 Å². The van der Waals surface area contributed by atoms with Crippen molar-refractivity contribution in [3.05, 3.63) is 16.1 Å². The maximum Gasteiger partial charge on any atom is 0.107 e. The number of rotatable bonds is 5. The van der Waals surface area contributed by atoms with Crippen molar-refractivity contribution >= 4 is 11.3 Å². The van der Waals surface area contributed by atoms with E-state index in [9.17, 15) is 0 Å². The molecule has 1 aliphatic rings. The molecule has 1 aliphatic carbocycles. The molecule has 1 saturated carbocycles. The Morgan fingerprint density at radius 3 is 2.93 bits per heavy atom. The lowest BCUT2D eigenvalue weighted by Crippen LogP contribution is -2.05. The minimum absolute atomic E-state index is 0.535. The van der Waals surface area contributed by atoms with Gasteiger partial charge < -0.3 is 10.5 Å². The van der Waals surface area contributed by atoms with Gasteiger partial charge in [0.25, 0.3) is 0 Å². The van der Waals surface area contributed by atoms with Gasteiger partial charge in [-0.3, -0.25) is 0 Å². The summed E-state index contributed by atoms with van der Waals surface area (Å²) in [7, 11) is 0. The van der Waals surface area contributed by atoms with E-state index in [-0.39, 0.29) is 0 Å². The standard InChI is InChI=1S/C11H18N2OS/c12-5-11-13-10(8-15-11)7-14-6-9-3-1-2-4-9/h8-9H,1-7,12H2. The lowest BCUT2D eigenvalue weighted by molar-refractivity contribution is 0.0870. The molecule has 0 amide bonds. The zero-order valence-corrected chi connectivity index (χ0v) is 9.76. The van der Waals surface area contributed by atoms with Gasteiger partial charge in [0, 0.05) is 18.5 Å². The van der Waals surface area contributed by atoms with Gasteiger partial charge in [0.05, 0.1) is 12.3 Å². The number of aromatic nitrogens is 1. The molecule has 0 aliphatic heterocycles. The second-order valence-electron chi connectivity index (χ2n) is 4.10. The van der Waals surface area contributed by atoms with Crippen LogP contribution in [0.25, 0.3) is 0 Å². The molecular formula is C11H18N2OS. The van der Waals surface area contributed by atoms with E-state index in [1.165, 1.54) is 25.7 Å². The van der Waals surface area contributed by atoms with Gasteiger partial charge >= 0.3 is 0 Å². The van der Waals surface area contributed by atoms with Gasteiger partial charge in [-0.1, -0.05) is 12.8 Å². The van der Waals surface area contributed by atoms with Crippen LogP contribution < -0.4 is 5.73 Å². The predicted molar refractivity (Wildman–Crippen MR) is 61.6 cm³/mol. The highest BCUT2D eigenvalue weighted by Gasteiger charge is 2.14. The molecule has 15 heavy (non-hydrogen) atoms. The Balaban J connectivity index is 1.68. The number of hydrogen-bond donors (Lipinski definition) is 1. The molecule has 1 heterocycles. The van der Waals surface area contributed by atoms with E-state index in [2.05, 4.69) is 4.98 Å². The first-order valence-electron chi connectivity index (χ1n) is 5.59.